The second-order valence-electron chi connectivity index (χ2n) is 10.5. The van der Waals surface area contributed by atoms with Crippen LogP contribution in [0.5, 0.6) is 0 Å². The molecule has 4 amide bonds. The Bertz CT molecular complexity index is 957. The molecular formula is C25H44F6N6O9. The number of halogens is 6. The van der Waals surface area contributed by atoms with Crippen molar-refractivity contribution in [3.8, 4) is 0 Å². The number of unbranched alkanes of at least 4 members (excludes halogenated alkanes) is 1. The minimum atomic E-state index is -5.08. The van der Waals surface area contributed by atoms with Crippen LogP contribution in [0.25, 0.3) is 0 Å². The number of amides is 4. The third kappa shape index (κ3) is 23.6. The fourth-order valence-corrected chi connectivity index (χ4v) is 3.11. The number of aliphatic carboxylic acids is 2. The second kappa shape index (κ2) is 22.7. The molecule has 0 heterocycles. The fourth-order valence-electron chi connectivity index (χ4n) is 3.11. The lowest BCUT2D eigenvalue weighted by atomic mass is 10.0. The SMILES string of the molecule is CC(C)C[C@H](NC(=O)[C@H](CCCCN)NC(=O)[C@H](CO)NC(=O)[C@@H](N)CC(C)C)C(N)=O.O=C(O)C(F)(F)F.O=C(O)C(F)(F)F. The van der Waals surface area contributed by atoms with E-state index in [-0.39, 0.29) is 18.3 Å². The van der Waals surface area contributed by atoms with Gasteiger partial charge in [-0.2, -0.15) is 26.3 Å². The van der Waals surface area contributed by atoms with E-state index in [2.05, 4.69) is 16.0 Å². The summed E-state index contributed by atoms with van der Waals surface area (Å²) in [5.74, 6) is -7.76. The van der Waals surface area contributed by atoms with Gasteiger partial charge < -0.3 is 48.5 Å². The number of nitrogens with two attached hydrogens (primary N) is 3. The predicted octanol–water partition coefficient (Wildman–Crippen LogP) is -0.266. The molecule has 21 heteroatoms. The van der Waals surface area contributed by atoms with E-state index in [0.717, 1.165) is 0 Å². The molecule has 15 nitrogen and oxygen atoms in total. The molecule has 0 fully saturated rings. The zero-order valence-electron chi connectivity index (χ0n) is 25.7. The Morgan fingerprint density at radius 3 is 1.37 bits per heavy atom. The molecular weight excluding hydrogens is 642 g/mol. The van der Waals surface area contributed by atoms with Gasteiger partial charge in [0.25, 0.3) is 0 Å². The van der Waals surface area contributed by atoms with Gasteiger partial charge in [0.15, 0.2) is 0 Å². The molecule has 0 aliphatic carbocycles. The van der Waals surface area contributed by atoms with Crippen molar-refractivity contribution in [1.29, 1.82) is 0 Å². The van der Waals surface area contributed by atoms with E-state index >= 15 is 0 Å². The van der Waals surface area contributed by atoms with Gasteiger partial charge in [-0.05, 0) is 50.5 Å². The van der Waals surface area contributed by atoms with Crippen molar-refractivity contribution in [3.63, 3.8) is 0 Å². The Balaban J connectivity index is -0.00000108. The highest BCUT2D eigenvalue weighted by molar-refractivity contribution is 5.94. The molecule has 4 atom stereocenters. The summed E-state index contributed by atoms with van der Waals surface area (Å²) >= 11 is 0. The lowest BCUT2D eigenvalue weighted by molar-refractivity contribution is -0.193. The summed E-state index contributed by atoms with van der Waals surface area (Å²) in [5, 5.41) is 31.4. The van der Waals surface area contributed by atoms with Crippen LogP contribution >= 0.6 is 0 Å². The Hall–Kier alpha value is -3.72. The summed E-state index contributed by atoms with van der Waals surface area (Å²) in [7, 11) is 0. The number of aliphatic hydroxyl groups excluding tert-OH is 1. The van der Waals surface area contributed by atoms with E-state index < -0.39 is 78.7 Å². The lowest BCUT2D eigenvalue weighted by Gasteiger charge is -2.25. The molecule has 0 aliphatic heterocycles. The molecule has 0 aromatic carbocycles. The van der Waals surface area contributed by atoms with Crippen LogP contribution in [0.4, 0.5) is 26.3 Å². The Morgan fingerprint density at radius 1 is 0.674 bits per heavy atom. The number of primary amides is 1. The topological polar surface area (TPSA) is 277 Å². The number of alkyl halides is 6. The maximum absolute atomic E-state index is 12.8. The van der Waals surface area contributed by atoms with Crippen molar-refractivity contribution in [3.05, 3.63) is 0 Å². The van der Waals surface area contributed by atoms with Gasteiger partial charge in [-0.25, -0.2) is 9.59 Å². The van der Waals surface area contributed by atoms with Crippen LogP contribution in [0.2, 0.25) is 0 Å². The average Bonchev–Trinajstić information content (AvgIpc) is 2.89. The molecule has 0 aromatic heterocycles. The third-order valence-electron chi connectivity index (χ3n) is 5.31. The van der Waals surface area contributed by atoms with Crippen molar-refractivity contribution in [1.82, 2.24) is 16.0 Å². The first kappa shape index (κ1) is 46.7. The number of aliphatic hydroxyl groups is 1. The molecule has 0 spiro atoms. The first-order valence-corrected chi connectivity index (χ1v) is 13.7. The van der Waals surface area contributed by atoms with Crippen LogP contribution in [0, 0.1) is 11.8 Å². The van der Waals surface area contributed by atoms with Crippen LogP contribution in [-0.4, -0.2) is 101 Å². The number of carbonyl (C=O) groups excluding carboxylic acids is 4. The summed E-state index contributed by atoms with van der Waals surface area (Å²) in [4.78, 5) is 67.2. The summed E-state index contributed by atoms with van der Waals surface area (Å²) in [5.41, 5.74) is 16.7. The molecule has 0 radical (unpaired) electrons. The van der Waals surface area contributed by atoms with Gasteiger partial charge in [0.05, 0.1) is 12.6 Å². The summed E-state index contributed by atoms with van der Waals surface area (Å²) in [6.07, 6.45) is -7.95. The number of hydrogen-bond acceptors (Lipinski definition) is 9. The predicted molar refractivity (Wildman–Crippen MR) is 149 cm³/mol. The Labute approximate surface area is 261 Å². The smallest absolute Gasteiger partial charge is 0.475 e. The third-order valence-corrected chi connectivity index (χ3v) is 5.31. The van der Waals surface area contributed by atoms with Gasteiger partial charge in [0.2, 0.25) is 23.6 Å². The van der Waals surface area contributed by atoms with Gasteiger partial charge in [-0.15, -0.1) is 0 Å². The quantitative estimate of drug-likeness (QED) is 0.0753. The van der Waals surface area contributed by atoms with Crippen LogP contribution in [-0.2, 0) is 28.8 Å². The van der Waals surface area contributed by atoms with E-state index in [9.17, 15) is 50.6 Å². The van der Waals surface area contributed by atoms with E-state index in [1.165, 1.54) is 0 Å². The molecule has 0 aliphatic rings. The van der Waals surface area contributed by atoms with E-state index in [1.807, 2.05) is 27.7 Å². The maximum atomic E-state index is 12.8. The first-order chi connectivity index (χ1) is 20.8. The zero-order chi connectivity index (χ0) is 37.0. The van der Waals surface area contributed by atoms with Crippen LogP contribution < -0.4 is 33.2 Å². The average molecular weight is 687 g/mol. The van der Waals surface area contributed by atoms with Crippen molar-refractivity contribution in [2.45, 2.75) is 96.3 Å². The van der Waals surface area contributed by atoms with E-state index in [1.54, 1.807) is 0 Å². The lowest BCUT2D eigenvalue weighted by Crippen LogP contribution is -2.58. The monoisotopic (exact) mass is 686 g/mol. The second-order valence-corrected chi connectivity index (χ2v) is 10.5. The van der Waals surface area contributed by atoms with E-state index in [0.29, 0.717) is 32.2 Å². The van der Waals surface area contributed by atoms with Crippen molar-refractivity contribution < 1.29 is 70.4 Å². The minimum absolute atomic E-state index is 0.113. The van der Waals surface area contributed by atoms with Crippen LogP contribution in [0.3, 0.4) is 0 Å². The van der Waals surface area contributed by atoms with Gasteiger partial charge in [0.1, 0.15) is 18.1 Å². The molecule has 0 unspecified atom stereocenters. The van der Waals surface area contributed by atoms with Gasteiger partial charge in [0, 0.05) is 0 Å². The minimum Gasteiger partial charge on any atom is -0.475 e. The maximum Gasteiger partial charge on any atom is 0.490 e. The number of carboxylic acids is 2. The van der Waals surface area contributed by atoms with Gasteiger partial charge in [-0.3, -0.25) is 19.2 Å². The molecule has 46 heavy (non-hydrogen) atoms. The highest BCUT2D eigenvalue weighted by atomic mass is 19.4. The largest absolute Gasteiger partial charge is 0.490 e. The summed E-state index contributed by atoms with van der Waals surface area (Å²) in [6, 6.07) is -3.96. The van der Waals surface area contributed by atoms with Crippen LogP contribution in [0.15, 0.2) is 0 Å². The molecule has 0 rings (SSSR count). The zero-order valence-corrected chi connectivity index (χ0v) is 25.7. The van der Waals surface area contributed by atoms with Gasteiger partial charge in [-0.1, -0.05) is 27.7 Å². The van der Waals surface area contributed by atoms with Gasteiger partial charge >= 0.3 is 24.3 Å². The van der Waals surface area contributed by atoms with Crippen LogP contribution in [0.1, 0.15) is 59.8 Å². The number of rotatable bonds is 16. The number of hydrogen-bond donors (Lipinski definition) is 9. The molecule has 12 N–H and O–H groups in total. The highest BCUT2D eigenvalue weighted by Gasteiger charge is 2.39. The molecule has 0 bridgehead atoms. The molecule has 0 aromatic rings. The fraction of sp³-hybridized carbons (Fsp3) is 0.760. The summed E-state index contributed by atoms with van der Waals surface area (Å²) in [6.45, 7) is 7.35. The normalized spacial score (nSPS) is 13.9. The Kier molecular flexibility index (Phi) is 23.1. The molecule has 0 saturated carbocycles. The first-order valence-electron chi connectivity index (χ1n) is 13.7. The summed E-state index contributed by atoms with van der Waals surface area (Å²) < 4.78 is 63.5. The van der Waals surface area contributed by atoms with Crippen molar-refractivity contribution in [2.24, 2.45) is 29.0 Å². The van der Waals surface area contributed by atoms with Crippen molar-refractivity contribution in [2.75, 3.05) is 13.2 Å². The standard InChI is InChI=1S/C21H42N6O5.2C2HF3O2/c1-12(2)9-14(23)19(30)27-17(11-28)21(32)25-15(7-5-6-8-22)20(31)26-16(18(24)29)10-13(3)4;2*3-2(4,5)1(6)7/h12-17,28H,5-11,22-23H2,1-4H3,(H2,24,29)(H,25,32)(H,26,31)(H,27,30);2*(H,6,7)/t14-,15-,16-,17-;;/m0../s1. The Morgan fingerprint density at radius 2 is 1.04 bits per heavy atom. The number of carboxylic acid groups (broad SMARTS) is 2. The number of carbonyl (C=O) groups is 6. The van der Waals surface area contributed by atoms with Crippen molar-refractivity contribution >= 4 is 35.6 Å². The van der Waals surface area contributed by atoms with E-state index in [4.69, 9.17) is 37.0 Å². The molecule has 270 valence electrons. The number of nitrogens with one attached hydrogen (secondary N) is 3. The highest BCUT2D eigenvalue weighted by Crippen LogP contribution is 2.14. The molecule has 0 saturated heterocycles.